The Kier molecular flexibility index (Phi) is 5.22. The molecule has 0 heterocycles. The highest BCUT2D eigenvalue weighted by Gasteiger charge is 2.04. The number of rotatable bonds is 5. The second-order valence-corrected chi connectivity index (χ2v) is 5.78. The summed E-state index contributed by atoms with van der Waals surface area (Å²) >= 11 is 4.58. The van der Waals surface area contributed by atoms with Gasteiger partial charge in [0.15, 0.2) is 0 Å². The molecule has 1 nitrogen and oxygen atoms in total. The predicted molar refractivity (Wildman–Crippen MR) is 76.7 cm³/mol. The van der Waals surface area contributed by atoms with Gasteiger partial charge in [0, 0.05) is 15.1 Å². The molecule has 0 spiro atoms. The average Bonchev–Trinajstić information content (AvgIpc) is 2.39. The van der Waals surface area contributed by atoms with Crippen LogP contribution in [0.15, 0.2) is 51.8 Å². The van der Waals surface area contributed by atoms with Crippen molar-refractivity contribution in [2.75, 3.05) is 12.4 Å². The first-order valence-corrected chi connectivity index (χ1v) is 7.39. The van der Waals surface area contributed by atoms with Crippen molar-refractivity contribution < 1.29 is 13.5 Å². The van der Waals surface area contributed by atoms with Gasteiger partial charge in [0.05, 0.1) is 6.61 Å². The van der Waals surface area contributed by atoms with Crippen molar-refractivity contribution in [2.45, 2.75) is 4.90 Å². The molecule has 0 saturated heterocycles. The van der Waals surface area contributed by atoms with Crippen molar-refractivity contribution in [3.05, 3.63) is 58.6 Å². The van der Waals surface area contributed by atoms with Crippen molar-refractivity contribution in [1.82, 2.24) is 0 Å². The van der Waals surface area contributed by atoms with Crippen LogP contribution in [0.3, 0.4) is 0 Å². The zero-order chi connectivity index (χ0) is 13.7. The third-order valence-electron chi connectivity index (χ3n) is 2.30. The Morgan fingerprint density at radius 2 is 1.95 bits per heavy atom. The molecule has 0 aliphatic carbocycles. The van der Waals surface area contributed by atoms with E-state index in [9.17, 15) is 8.78 Å². The van der Waals surface area contributed by atoms with E-state index >= 15 is 0 Å². The van der Waals surface area contributed by atoms with Crippen LogP contribution in [0.5, 0.6) is 5.75 Å². The van der Waals surface area contributed by atoms with Crippen LogP contribution >= 0.6 is 27.7 Å². The second kappa shape index (κ2) is 6.91. The van der Waals surface area contributed by atoms with E-state index in [1.54, 1.807) is 0 Å². The van der Waals surface area contributed by atoms with Crippen LogP contribution in [0.2, 0.25) is 0 Å². The van der Waals surface area contributed by atoms with E-state index in [0.717, 1.165) is 22.4 Å². The lowest BCUT2D eigenvalue weighted by Gasteiger charge is -2.07. The van der Waals surface area contributed by atoms with Crippen LogP contribution in [-0.2, 0) is 0 Å². The van der Waals surface area contributed by atoms with E-state index in [-0.39, 0.29) is 0 Å². The standard InChI is InChI=1S/C14H11BrF2OS/c15-10-2-1-3-12(8-10)18-6-7-19-14-9-11(16)4-5-13(14)17/h1-5,8-9H,6-7H2. The fraction of sp³-hybridized carbons (Fsp3) is 0.143. The number of halogens is 3. The van der Waals surface area contributed by atoms with Crippen molar-refractivity contribution in [2.24, 2.45) is 0 Å². The van der Waals surface area contributed by atoms with Crippen molar-refractivity contribution >= 4 is 27.7 Å². The summed E-state index contributed by atoms with van der Waals surface area (Å²) in [5.41, 5.74) is 0. The van der Waals surface area contributed by atoms with Crippen LogP contribution in [-0.4, -0.2) is 12.4 Å². The van der Waals surface area contributed by atoms with Gasteiger partial charge in [-0.3, -0.25) is 0 Å². The average molecular weight is 345 g/mol. The minimum atomic E-state index is -0.434. The van der Waals surface area contributed by atoms with E-state index in [0.29, 0.717) is 17.3 Å². The van der Waals surface area contributed by atoms with Gasteiger partial charge in [-0.2, -0.15) is 0 Å². The van der Waals surface area contributed by atoms with Gasteiger partial charge in [0.2, 0.25) is 0 Å². The zero-order valence-corrected chi connectivity index (χ0v) is 12.3. The van der Waals surface area contributed by atoms with Crippen LogP contribution < -0.4 is 4.74 Å². The lowest BCUT2D eigenvalue weighted by atomic mass is 10.3. The summed E-state index contributed by atoms with van der Waals surface area (Å²) < 4.78 is 32.7. The summed E-state index contributed by atoms with van der Waals surface area (Å²) in [4.78, 5) is 0.304. The number of ether oxygens (including phenoxy) is 1. The van der Waals surface area contributed by atoms with Gasteiger partial charge in [-0.15, -0.1) is 11.8 Å². The van der Waals surface area contributed by atoms with E-state index < -0.39 is 11.6 Å². The molecule has 5 heteroatoms. The second-order valence-electron chi connectivity index (χ2n) is 3.73. The fourth-order valence-corrected chi connectivity index (χ4v) is 2.62. The highest BCUT2D eigenvalue weighted by atomic mass is 79.9. The summed E-state index contributed by atoms with van der Waals surface area (Å²) in [5, 5.41) is 0. The van der Waals surface area contributed by atoms with E-state index in [2.05, 4.69) is 15.9 Å². The summed E-state index contributed by atoms with van der Waals surface area (Å²) in [6.07, 6.45) is 0. The van der Waals surface area contributed by atoms with Gasteiger partial charge >= 0.3 is 0 Å². The third kappa shape index (κ3) is 4.51. The molecule has 0 aliphatic rings. The molecule has 0 unspecified atom stereocenters. The minimum Gasteiger partial charge on any atom is -0.493 e. The van der Waals surface area contributed by atoms with Crippen LogP contribution in [0.1, 0.15) is 0 Å². The van der Waals surface area contributed by atoms with Crippen molar-refractivity contribution in [1.29, 1.82) is 0 Å². The molecule has 2 aromatic carbocycles. The molecule has 0 fully saturated rings. The van der Waals surface area contributed by atoms with Gasteiger partial charge in [0.1, 0.15) is 17.4 Å². The Balaban J connectivity index is 1.82. The summed E-state index contributed by atoms with van der Waals surface area (Å²) in [6.45, 7) is 0.428. The maximum absolute atomic E-state index is 13.3. The molecule has 0 aromatic heterocycles. The number of benzene rings is 2. The molecule has 19 heavy (non-hydrogen) atoms. The van der Waals surface area contributed by atoms with E-state index in [4.69, 9.17) is 4.74 Å². The fourth-order valence-electron chi connectivity index (χ4n) is 1.46. The predicted octanol–water partition coefficient (Wildman–Crippen LogP) is 4.90. The van der Waals surface area contributed by atoms with E-state index in [1.807, 2.05) is 24.3 Å². The van der Waals surface area contributed by atoms with Crippen LogP contribution in [0.4, 0.5) is 8.78 Å². The Hall–Kier alpha value is -1.07. The lowest BCUT2D eigenvalue weighted by Crippen LogP contribution is -2.00. The van der Waals surface area contributed by atoms with Crippen molar-refractivity contribution in [3.63, 3.8) is 0 Å². The molecular formula is C14H11BrF2OS. The van der Waals surface area contributed by atoms with Crippen LogP contribution in [0.25, 0.3) is 0 Å². The number of thioether (sulfide) groups is 1. The van der Waals surface area contributed by atoms with Gasteiger partial charge in [-0.25, -0.2) is 8.78 Å². The molecule has 0 saturated carbocycles. The van der Waals surface area contributed by atoms with Gasteiger partial charge < -0.3 is 4.74 Å². The topological polar surface area (TPSA) is 9.23 Å². The molecule has 2 aromatic rings. The quantitative estimate of drug-likeness (QED) is 0.563. The molecule has 2 rings (SSSR count). The Morgan fingerprint density at radius 3 is 2.74 bits per heavy atom. The maximum atomic E-state index is 13.3. The van der Waals surface area contributed by atoms with E-state index in [1.165, 1.54) is 17.8 Å². The Morgan fingerprint density at radius 1 is 1.11 bits per heavy atom. The molecule has 100 valence electrons. The van der Waals surface area contributed by atoms with Gasteiger partial charge in [-0.05, 0) is 36.4 Å². The summed E-state index contributed by atoms with van der Waals surface area (Å²) in [7, 11) is 0. The SMILES string of the molecule is Fc1ccc(F)c(SCCOc2cccc(Br)c2)c1. The zero-order valence-electron chi connectivity index (χ0n) is 9.91. The normalized spacial score (nSPS) is 10.5. The highest BCUT2D eigenvalue weighted by molar-refractivity contribution is 9.10. The molecule has 0 aliphatic heterocycles. The third-order valence-corrected chi connectivity index (χ3v) is 3.79. The number of hydrogen-bond acceptors (Lipinski definition) is 2. The van der Waals surface area contributed by atoms with Crippen LogP contribution in [0, 0.1) is 11.6 Å². The summed E-state index contributed by atoms with van der Waals surface area (Å²) in [5.74, 6) is 0.452. The first-order chi connectivity index (χ1) is 9.15. The molecule has 0 bridgehead atoms. The van der Waals surface area contributed by atoms with Crippen molar-refractivity contribution in [3.8, 4) is 5.75 Å². The lowest BCUT2D eigenvalue weighted by molar-refractivity contribution is 0.343. The highest BCUT2D eigenvalue weighted by Crippen LogP contribution is 2.23. The molecule has 0 N–H and O–H groups in total. The first kappa shape index (κ1) is 14.3. The minimum absolute atomic E-state index is 0.304. The monoisotopic (exact) mass is 344 g/mol. The molecule has 0 amide bonds. The largest absolute Gasteiger partial charge is 0.493 e. The summed E-state index contributed by atoms with van der Waals surface area (Å²) in [6, 6.07) is 10.9. The number of hydrogen-bond donors (Lipinski definition) is 0. The maximum Gasteiger partial charge on any atom is 0.136 e. The Labute approximate surface area is 123 Å². The molecule has 0 atom stereocenters. The smallest absolute Gasteiger partial charge is 0.136 e. The van der Waals surface area contributed by atoms with Gasteiger partial charge in [0.25, 0.3) is 0 Å². The molecular weight excluding hydrogens is 334 g/mol. The Bertz CT molecular complexity index is 563. The van der Waals surface area contributed by atoms with Gasteiger partial charge in [-0.1, -0.05) is 22.0 Å². The first-order valence-electron chi connectivity index (χ1n) is 5.61. The molecule has 0 radical (unpaired) electrons.